The molecule has 3 saturated carbocycles. The molecule has 2 heteroatoms. The Morgan fingerprint density at radius 2 is 1.58 bits per heavy atom. The molecule has 1 aromatic carbocycles. The summed E-state index contributed by atoms with van der Waals surface area (Å²) in [4.78, 5) is 0. The summed E-state index contributed by atoms with van der Waals surface area (Å²) in [5.74, 6) is 3.57. The van der Waals surface area contributed by atoms with Crippen LogP contribution in [-0.2, 0) is 10.0 Å². The highest BCUT2D eigenvalue weighted by molar-refractivity contribution is 6.69. The van der Waals surface area contributed by atoms with Crippen LogP contribution in [0.5, 0.6) is 0 Å². The van der Waals surface area contributed by atoms with E-state index in [4.69, 9.17) is 4.43 Å². The highest BCUT2D eigenvalue weighted by Crippen LogP contribution is 2.77. The molecule has 2 bridgehead atoms. The van der Waals surface area contributed by atoms with E-state index in [9.17, 15) is 0 Å². The molecule has 0 radical (unpaired) electrons. The van der Waals surface area contributed by atoms with Crippen molar-refractivity contribution in [1.82, 2.24) is 0 Å². The van der Waals surface area contributed by atoms with Crippen molar-refractivity contribution in [1.29, 1.82) is 0 Å². The van der Waals surface area contributed by atoms with Crippen molar-refractivity contribution >= 4 is 8.32 Å². The minimum absolute atomic E-state index is 0.107. The molecule has 0 spiro atoms. The van der Waals surface area contributed by atoms with Gasteiger partial charge in [0.2, 0.25) is 0 Å². The van der Waals surface area contributed by atoms with Gasteiger partial charge < -0.3 is 4.43 Å². The Hall–Kier alpha value is -0.603. The molecule has 19 heavy (non-hydrogen) atoms. The highest BCUT2D eigenvalue weighted by Gasteiger charge is 2.76. The maximum absolute atomic E-state index is 6.81. The predicted molar refractivity (Wildman–Crippen MR) is 80.4 cm³/mol. The van der Waals surface area contributed by atoms with Crippen LogP contribution in [0.4, 0.5) is 0 Å². The molecule has 4 atom stereocenters. The van der Waals surface area contributed by atoms with Crippen LogP contribution < -0.4 is 0 Å². The normalized spacial score (nSPS) is 43.3. The third-order valence-corrected chi connectivity index (χ3v) is 6.45. The molecule has 1 nitrogen and oxygen atoms in total. The van der Waals surface area contributed by atoms with E-state index in [2.05, 4.69) is 50.0 Å². The summed E-state index contributed by atoms with van der Waals surface area (Å²) in [7, 11) is -1.51. The lowest BCUT2D eigenvalue weighted by atomic mass is 9.94. The first-order chi connectivity index (χ1) is 9.02. The zero-order valence-corrected chi connectivity index (χ0v) is 13.2. The van der Waals surface area contributed by atoms with Gasteiger partial charge >= 0.3 is 0 Å². The van der Waals surface area contributed by atoms with Gasteiger partial charge in [-0.15, -0.1) is 0 Å². The second-order valence-corrected chi connectivity index (χ2v) is 12.2. The minimum atomic E-state index is -1.51. The number of rotatable bonds is 3. The summed E-state index contributed by atoms with van der Waals surface area (Å²) in [6.07, 6.45) is 4.39. The van der Waals surface area contributed by atoms with Crippen LogP contribution in [0.2, 0.25) is 19.6 Å². The predicted octanol–water partition coefficient (Wildman–Crippen LogP) is 4.41. The third-order valence-electron chi connectivity index (χ3n) is 5.50. The first kappa shape index (κ1) is 12.2. The molecule has 0 saturated heterocycles. The molecule has 0 aromatic heterocycles. The quantitative estimate of drug-likeness (QED) is 0.741. The lowest BCUT2D eigenvalue weighted by Crippen LogP contribution is -2.36. The van der Waals surface area contributed by atoms with Gasteiger partial charge in [-0.1, -0.05) is 30.3 Å². The van der Waals surface area contributed by atoms with Gasteiger partial charge in [0.1, 0.15) is 0 Å². The van der Waals surface area contributed by atoms with Crippen LogP contribution in [0, 0.1) is 23.7 Å². The molecule has 4 unspecified atom stereocenters. The second kappa shape index (κ2) is 3.73. The number of benzene rings is 1. The second-order valence-electron chi connectivity index (χ2n) is 7.76. The van der Waals surface area contributed by atoms with Crippen molar-refractivity contribution in [3.8, 4) is 0 Å². The van der Waals surface area contributed by atoms with Crippen LogP contribution in [0.1, 0.15) is 24.8 Å². The summed E-state index contributed by atoms with van der Waals surface area (Å²) in [6, 6.07) is 11.1. The molecule has 102 valence electrons. The van der Waals surface area contributed by atoms with Crippen molar-refractivity contribution in [3.05, 3.63) is 35.9 Å². The van der Waals surface area contributed by atoms with Crippen LogP contribution in [0.3, 0.4) is 0 Å². The SMILES string of the molecule is C[Si](C)(C)OC1(c2ccccc2)C2C3CCC(C3)C21. The van der Waals surface area contributed by atoms with Crippen molar-refractivity contribution < 1.29 is 4.43 Å². The van der Waals surface area contributed by atoms with Gasteiger partial charge in [0.15, 0.2) is 8.32 Å². The fourth-order valence-electron chi connectivity index (χ4n) is 5.19. The van der Waals surface area contributed by atoms with Crippen molar-refractivity contribution in [2.75, 3.05) is 0 Å². The van der Waals surface area contributed by atoms with Crippen molar-refractivity contribution in [3.63, 3.8) is 0 Å². The van der Waals surface area contributed by atoms with Gasteiger partial charge in [-0.25, -0.2) is 0 Å². The maximum Gasteiger partial charge on any atom is 0.185 e. The average molecular weight is 272 g/mol. The lowest BCUT2D eigenvalue weighted by molar-refractivity contribution is 0.109. The Morgan fingerprint density at radius 1 is 1.00 bits per heavy atom. The van der Waals surface area contributed by atoms with Gasteiger partial charge in [0, 0.05) is 11.8 Å². The van der Waals surface area contributed by atoms with Crippen LogP contribution in [0.25, 0.3) is 0 Å². The summed E-state index contributed by atoms with van der Waals surface area (Å²) in [5, 5.41) is 0. The molecule has 3 aliphatic carbocycles. The lowest BCUT2D eigenvalue weighted by Gasteiger charge is -2.32. The number of hydrogen-bond acceptors (Lipinski definition) is 1. The Kier molecular flexibility index (Phi) is 2.39. The van der Waals surface area contributed by atoms with E-state index in [1.807, 2.05) is 0 Å². The standard InChI is InChI=1S/C17H24OSi/c1-19(2,3)18-17(14-7-5-4-6-8-14)15-12-9-10-13(11-12)16(15)17/h4-8,12-13,15-16H,9-11H2,1-3H3. The van der Waals surface area contributed by atoms with E-state index in [0.29, 0.717) is 0 Å². The van der Waals surface area contributed by atoms with Gasteiger partial charge in [0.25, 0.3) is 0 Å². The topological polar surface area (TPSA) is 9.23 Å². The third kappa shape index (κ3) is 1.62. The van der Waals surface area contributed by atoms with Crippen molar-refractivity contribution in [2.45, 2.75) is 44.5 Å². The smallest absolute Gasteiger partial charge is 0.185 e. The largest absolute Gasteiger partial charge is 0.408 e. The molecule has 0 aliphatic heterocycles. The van der Waals surface area contributed by atoms with E-state index in [1.165, 1.54) is 24.8 Å². The average Bonchev–Trinajstić information content (AvgIpc) is 2.74. The molecule has 3 aliphatic rings. The zero-order valence-electron chi connectivity index (χ0n) is 12.2. The number of fused-ring (bicyclic) bond motifs is 5. The van der Waals surface area contributed by atoms with Crippen LogP contribution in [-0.4, -0.2) is 8.32 Å². The Morgan fingerprint density at radius 3 is 2.11 bits per heavy atom. The summed E-state index contributed by atoms with van der Waals surface area (Å²) in [6.45, 7) is 7.02. The Balaban J connectivity index is 1.75. The van der Waals surface area contributed by atoms with E-state index < -0.39 is 8.32 Å². The molecular weight excluding hydrogens is 248 g/mol. The van der Waals surface area contributed by atoms with Gasteiger partial charge in [-0.05, 0) is 56.3 Å². The Bertz CT molecular complexity index is 474. The molecule has 0 amide bonds. The van der Waals surface area contributed by atoms with E-state index in [-0.39, 0.29) is 5.60 Å². The van der Waals surface area contributed by atoms with Crippen LogP contribution in [0.15, 0.2) is 30.3 Å². The zero-order chi connectivity index (χ0) is 13.3. The molecule has 0 N–H and O–H groups in total. The summed E-state index contributed by atoms with van der Waals surface area (Å²) >= 11 is 0. The minimum Gasteiger partial charge on any atom is -0.408 e. The van der Waals surface area contributed by atoms with Crippen LogP contribution >= 0.6 is 0 Å². The van der Waals surface area contributed by atoms with Gasteiger partial charge in [-0.3, -0.25) is 0 Å². The molecule has 4 rings (SSSR count). The fraction of sp³-hybridized carbons (Fsp3) is 0.647. The van der Waals surface area contributed by atoms with E-state index in [0.717, 1.165) is 23.7 Å². The summed E-state index contributed by atoms with van der Waals surface area (Å²) < 4.78 is 6.81. The van der Waals surface area contributed by atoms with E-state index >= 15 is 0 Å². The molecular formula is C17H24OSi. The monoisotopic (exact) mass is 272 g/mol. The highest BCUT2D eigenvalue weighted by atomic mass is 28.4. The molecule has 1 aromatic rings. The number of hydrogen-bond donors (Lipinski definition) is 0. The first-order valence-electron chi connectivity index (χ1n) is 7.78. The van der Waals surface area contributed by atoms with E-state index in [1.54, 1.807) is 0 Å². The van der Waals surface area contributed by atoms with Gasteiger partial charge in [-0.2, -0.15) is 0 Å². The Labute approximate surface area is 117 Å². The fourth-order valence-corrected chi connectivity index (χ4v) is 6.60. The molecule has 3 fully saturated rings. The summed E-state index contributed by atoms with van der Waals surface area (Å²) in [5.41, 5.74) is 1.57. The molecule has 0 heterocycles. The first-order valence-corrected chi connectivity index (χ1v) is 11.2. The van der Waals surface area contributed by atoms with Gasteiger partial charge in [0.05, 0.1) is 5.60 Å². The van der Waals surface area contributed by atoms with Crippen molar-refractivity contribution in [2.24, 2.45) is 23.7 Å². The maximum atomic E-state index is 6.81.